The van der Waals surface area contributed by atoms with Crippen LogP contribution in [0.15, 0.2) is 17.2 Å². The normalized spacial score (nSPS) is 10.7. The first kappa shape index (κ1) is 11.1. The van der Waals surface area contributed by atoms with Crippen LogP contribution in [0, 0.1) is 0 Å². The smallest absolute Gasteiger partial charge is 0.266 e. The van der Waals surface area contributed by atoms with Gasteiger partial charge in [-0.05, 0) is 0 Å². The fraction of sp³-hybridized carbons (Fsp3) is 0.250. The largest absolute Gasteiger partial charge is 0.287 e. The molecule has 0 atom stereocenters. The third-order valence-corrected chi connectivity index (χ3v) is 2.65. The van der Waals surface area contributed by atoms with Crippen LogP contribution in [0.5, 0.6) is 0 Å². The van der Waals surface area contributed by atoms with Gasteiger partial charge in [0.25, 0.3) is 5.56 Å². The van der Waals surface area contributed by atoms with Gasteiger partial charge in [-0.3, -0.25) is 9.48 Å². The van der Waals surface area contributed by atoms with Gasteiger partial charge in [0.1, 0.15) is 10.7 Å². The molecule has 2 rings (SSSR count). The lowest BCUT2D eigenvalue weighted by molar-refractivity contribution is 0.626. The molecule has 0 bridgehead atoms. The van der Waals surface area contributed by atoms with Gasteiger partial charge in [-0.1, -0.05) is 28.4 Å². The summed E-state index contributed by atoms with van der Waals surface area (Å²) in [5.74, 6) is 0. The Labute approximate surface area is 100 Å². The highest BCUT2D eigenvalue weighted by Crippen LogP contribution is 2.14. The number of hydrogen-bond acceptors (Lipinski definition) is 4. The topological polar surface area (TPSA) is 65.6 Å². The summed E-state index contributed by atoms with van der Waals surface area (Å²) < 4.78 is 2.72. The van der Waals surface area contributed by atoms with Crippen molar-refractivity contribution in [2.75, 3.05) is 0 Å². The average Bonchev–Trinajstić information content (AvgIpc) is 2.65. The Hall–Kier alpha value is -1.40. The molecule has 2 heterocycles. The van der Waals surface area contributed by atoms with E-state index in [-0.39, 0.29) is 16.6 Å². The van der Waals surface area contributed by atoms with Gasteiger partial charge < -0.3 is 0 Å². The summed E-state index contributed by atoms with van der Waals surface area (Å²) in [6, 6.07) is 0. The summed E-state index contributed by atoms with van der Waals surface area (Å²) >= 11 is 11.4. The van der Waals surface area contributed by atoms with E-state index in [1.54, 1.807) is 13.2 Å². The second-order valence-corrected chi connectivity index (χ2v) is 3.94. The Morgan fingerprint density at radius 2 is 2.19 bits per heavy atom. The van der Waals surface area contributed by atoms with Crippen molar-refractivity contribution in [3.8, 4) is 0 Å². The lowest BCUT2D eigenvalue weighted by Crippen LogP contribution is -2.23. The van der Waals surface area contributed by atoms with Crippen LogP contribution in [0.3, 0.4) is 0 Å². The van der Waals surface area contributed by atoms with Gasteiger partial charge in [0.05, 0.1) is 24.0 Å². The van der Waals surface area contributed by atoms with E-state index in [4.69, 9.17) is 23.2 Å². The summed E-state index contributed by atoms with van der Waals surface area (Å²) in [6.07, 6.45) is 3.01. The Bertz CT molecular complexity index is 576. The molecule has 0 aliphatic carbocycles. The highest BCUT2D eigenvalue weighted by atomic mass is 35.5. The zero-order chi connectivity index (χ0) is 11.7. The van der Waals surface area contributed by atoms with E-state index in [9.17, 15) is 4.79 Å². The van der Waals surface area contributed by atoms with Crippen molar-refractivity contribution in [2.45, 2.75) is 6.54 Å². The lowest BCUT2D eigenvalue weighted by Gasteiger charge is -2.02. The van der Waals surface area contributed by atoms with Crippen LogP contribution in [-0.4, -0.2) is 24.8 Å². The number of nitrogens with zero attached hydrogens (tertiary/aromatic N) is 5. The molecule has 0 unspecified atom stereocenters. The first-order chi connectivity index (χ1) is 7.58. The first-order valence-corrected chi connectivity index (χ1v) is 5.10. The standard InChI is InChI=1S/C8H7Cl2N5O/c1-14-3-5(12-13-14)4-15-8(16)7(10)6(9)2-11-15/h2-3H,4H2,1H3. The van der Waals surface area contributed by atoms with Crippen LogP contribution in [0.1, 0.15) is 5.69 Å². The second kappa shape index (κ2) is 4.23. The minimum absolute atomic E-state index is 0.0412. The van der Waals surface area contributed by atoms with Gasteiger partial charge in [0, 0.05) is 7.05 Å². The van der Waals surface area contributed by atoms with Crippen molar-refractivity contribution in [2.24, 2.45) is 7.05 Å². The number of hydrogen-bond donors (Lipinski definition) is 0. The molecule has 0 fully saturated rings. The molecule has 0 aliphatic heterocycles. The zero-order valence-electron chi connectivity index (χ0n) is 8.26. The SMILES string of the molecule is Cn1cc(Cn2ncc(Cl)c(Cl)c2=O)nn1. The van der Waals surface area contributed by atoms with Crippen molar-refractivity contribution in [3.63, 3.8) is 0 Å². The molecular weight excluding hydrogens is 253 g/mol. The fourth-order valence-corrected chi connectivity index (χ4v) is 1.45. The van der Waals surface area contributed by atoms with E-state index >= 15 is 0 Å². The minimum atomic E-state index is -0.445. The third-order valence-electron chi connectivity index (χ3n) is 1.90. The maximum Gasteiger partial charge on any atom is 0.287 e. The van der Waals surface area contributed by atoms with Crippen molar-refractivity contribution < 1.29 is 0 Å². The maximum atomic E-state index is 11.6. The molecule has 0 aliphatic rings. The van der Waals surface area contributed by atoms with Crippen LogP contribution < -0.4 is 5.56 Å². The summed E-state index contributed by atoms with van der Waals surface area (Å²) in [4.78, 5) is 11.6. The van der Waals surface area contributed by atoms with Gasteiger partial charge >= 0.3 is 0 Å². The van der Waals surface area contributed by atoms with Crippen LogP contribution in [0.2, 0.25) is 10.0 Å². The van der Waals surface area contributed by atoms with Gasteiger partial charge in [-0.2, -0.15) is 5.10 Å². The Morgan fingerprint density at radius 1 is 1.44 bits per heavy atom. The predicted molar refractivity (Wildman–Crippen MR) is 58.6 cm³/mol. The van der Waals surface area contributed by atoms with Gasteiger partial charge in [-0.15, -0.1) is 5.10 Å². The van der Waals surface area contributed by atoms with Crippen molar-refractivity contribution in [1.29, 1.82) is 0 Å². The van der Waals surface area contributed by atoms with Crippen LogP contribution >= 0.6 is 23.2 Å². The summed E-state index contributed by atoms with van der Waals surface area (Å²) in [5, 5.41) is 11.5. The fourth-order valence-electron chi connectivity index (χ4n) is 1.18. The summed E-state index contributed by atoms with van der Waals surface area (Å²) in [5.41, 5.74) is 0.176. The molecule has 16 heavy (non-hydrogen) atoms. The zero-order valence-corrected chi connectivity index (χ0v) is 9.77. The molecular formula is C8H7Cl2N5O. The Kier molecular flexibility index (Phi) is 2.93. The van der Waals surface area contributed by atoms with E-state index in [0.717, 1.165) is 0 Å². The highest BCUT2D eigenvalue weighted by Gasteiger charge is 2.08. The molecule has 0 amide bonds. The molecule has 0 spiro atoms. The molecule has 6 nitrogen and oxygen atoms in total. The van der Waals surface area contributed by atoms with Gasteiger partial charge in [-0.25, -0.2) is 4.68 Å². The van der Waals surface area contributed by atoms with Crippen LogP contribution in [0.25, 0.3) is 0 Å². The Morgan fingerprint density at radius 3 is 2.81 bits per heavy atom. The molecule has 0 saturated heterocycles. The number of aromatic nitrogens is 5. The third kappa shape index (κ3) is 2.07. The summed E-state index contributed by atoms with van der Waals surface area (Å²) in [7, 11) is 1.74. The molecule has 84 valence electrons. The molecule has 0 aromatic carbocycles. The van der Waals surface area contributed by atoms with E-state index < -0.39 is 5.56 Å². The lowest BCUT2D eigenvalue weighted by atomic mass is 10.4. The monoisotopic (exact) mass is 259 g/mol. The predicted octanol–water partition coefficient (Wildman–Crippen LogP) is 0.727. The number of halogens is 2. The average molecular weight is 260 g/mol. The minimum Gasteiger partial charge on any atom is -0.266 e. The van der Waals surface area contributed by atoms with Crippen LogP contribution in [-0.2, 0) is 13.6 Å². The summed E-state index contributed by atoms with van der Waals surface area (Å²) in [6.45, 7) is 0.212. The van der Waals surface area contributed by atoms with Crippen molar-refractivity contribution in [1.82, 2.24) is 24.8 Å². The number of rotatable bonds is 2. The highest BCUT2D eigenvalue weighted by molar-refractivity contribution is 6.41. The molecule has 0 N–H and O–H groups in total. The second-order valence-electron chi connectivity index (χ2n) is 3.15. The van der Waals surface area contributed by atoms with Crippen molar-refractivity contribution in [3.05, 3.63) is 38.5 Å². The Balaban J connectivity index is 2.36. The number of aryl methyl sites for hydroxylation is 1. The first-order valence-electron chi connectivity index (χ1n) is 4.34. The molecule has 0 saturated carbocycles. The van der Waals surface area contributed by atoms with Gasteiger partial charge in [0.15, 0.2) is 0 Å². The quantitative estimate of drug-likeness (QED) is 0.798. The molecule has 0 radical (unpaired) electrons. The maximum absolute atomic E-state index is 11.6. The van der Waals surface area contributed by atoms with Gasteiger partial charge in [0.2, 0.25) is 0 Å². The van der Waals surface area contributed by atoms with Crippen LogP contribution in [0.4, 0.5) is 0 Å². The van der Waals surface area contributed by atoms with Crippen molar-refractivity contribution >= 4 is 23.2 Å². The molecule has 8 heteroatoms. The van der Waals surface area contributed by atoms with E-state index in [1.807, 2.05) is 0 Å². The molecule has 2 aromatic heterocycles. The van der Waals surface area contributed by atoms with E-state index in [0.29, 0.717) is 5.69 Å². The molecule has 2 aromatic rings. The van der Waals surface area contributed by atoms with E-state index in [2.05, 4.69) is 15.4 Å². The van der Waals surface area contributed by atoms with E-state index in [1.165, 1.54) is 15.6 Å².